The van der Waals surface area contributed by atoms with Crippen molar-refractivity contribution < 1.29 is 18.0 Å². The molecule has 130 valence electrons. The lowest BCUT2D eigenvalue weighted by atomic mass is 10.1. The summed E-state index contributed by atoms with van der Waals surface area (Å²) in [6.07, 6.45) is 0.410. The summed E-state index contributed by atoms with van der Waals surface area (Å²) in [5.41, 5.74) is 0.666. The summed E-state index contributed by atoms with van der Waals surface area (Å²) in [7, 11) is 0. The van der Waals surface area contributed by atoms with Crippen LogP contribution < -0.4 is 0 Å². The molecule has 2 aromatic heterocycles. The van der Waals surface area contributed by atoms with Crippen molar-refractivity contribution in [2.24, 2.45) is 0 Å². The Labute approximate surface area is 150 Å². The van der Waals surface area contributed by atoms with Gasteiger partial charge in [0, 0.05) is 11.4 Å². The molecular weight excluding hydrogens is 368 g/mol. The molecule has 0 saturated carbocycles. The molecule has 5 nitrogen and oxygen atoms in total. The fraction of sp³-hybridized carbons (Fsp3) is 0.250. The zero-order valence-electron chi connectivity index (χ0n) is 13.3. The molecular formula is C16H13F2N3O2S2. The van der Waals surface area contributed by atoms with Crippen molar-refractivity contribution in [2.45, 2.75) is 30.7 Å². The number of thiazole rings is 1. The molecule has 0 radical (unpaired) electrons. The van der Waals surface area contributed by atoms with E-state index in [9.17, 15) is 13.6 Å². The lowest BCUT2D eigenvalue weighted by molar-refractivity contribution is 0.0989. The van der Waals surface area contributed by atoms with Gasteiger partial charge in [-0.3, -0.25) is 4.79 Å². The molecule has 0 saturated heterocycles. The van der Waals surface area contributed by atoms with Crippen molar-refractivity contribution in [3.8, 4) is 0 Å². The van der Waals surface area contributed by atoms with Crippen LogP contribution in [0.3, 0.4) is 0 Å². The summed E-state index contributed by atoms with van der Waals surface area (Å²) in [4.78, 5) is 16.6. The van der Waals surface area contributed by atoms with Gasteiger partial charge in [0.1, 0.15) is 11.6 Å². The number of carbonyl (C=O) groups excluding carboxylic acids is 1. The van der Waals surface area contributed by atoms with Crippen LogP contribution in [0.2, 0.25) is 0 Å². The van der Waals surface area contributed by atoms with Gasteiger partial charge >= 0.3 is 0 Å². The van der Waals surface area contributed by atoms with Crippen LogP contribution in [-0.4, -0.2) is 26.2 Å². The highest BCUT2D eigenvalue weighted by Gasteiger charge is 2.22. The molecule has 0 aliphatic carbocycles. The smallest absolute Gasteiger partial charge is 0.277 e. The molecule has 0 fully saturated rings. The van der Waals surface area contributed by atoms with Gasteiger partial charge < -0.3 is 4.42 Å². The summed E-state index contributed by atoms with van der Waals surface area (Å²) in [6, 6.07) is 2.87. The number of aromatic nitrogens is 3. The van der Waals surface area contributed by atoms with Crippen molar-refractivity contribution in [3.05, 3.63) is 57.4 Å². The fourth-order valence-electron chi connectivity index (χ4n) is 2.11. The third kappa shape index (κ3) is 4.29. The minimum absolute atomic E-state index is 0.168. The molecule has 0 bridgehead atoms. The zero-order valence-corrected chi connectivity index (χ0v) is 15.0. The van der Waals surface area contributed by atoms with Crippen LogP contribution in [0.25, 0.3) is 0 Å². The van der Waals surface area contributed by atoms with Gasteiger partial charge in [0.2, 0.25) is 5.89 Å². The van der Waals surface area contributed by atoms with Crippen LogP contribution in [0, 0.1) is 18.6 Å². The Morgan fingerprint density at radius 3 is 2.84 bits per heavy atom. The Kier molecular flexibility index (Phi) is 5.24. The number of halogens is 2. The standard InChI is InChI=1S/C16H13F2N3O2S2/c1-8(15(22)12-4-3-10(17)5-13(12)18)25-16-21-20-14(23-16)6-11-7-24-9(2)19-11/h3-5,7-8H,6H2,1-2H3. The number of ketones is 1. The Balaban J connectivity index is 1.66. The van der Waals surface area contributed by atoms with Crippen LogP contribution in [0.1, 0.15) is 33.9 Å². The second-order valence-electron chi connectivity index (χ2n) is 5.24. The normalized spacial score (nSPS) is 12.3. The van der Waals surface area contributed by atoms with Gasteiger partial charge in [0.15, 0.2) is 5.78 Å². The summed E-state index contributed by atoms with van der Waals surface area (Å²) < 4.78 is 32.2. The van der Waals surface area contributed by atoms with Gasteiger partial charge in [-0.1, -0.05) is 11.8 Å². The largest absolute Gasteiger partial charge is 0.416 e. The summed E-state index contributed by atoms with van der Waals surface area (Å²) in [6.45, 7) is 3.51. The van der Waals surface area contributed by atoms with E-state index in [4.69, 9.17) is 4.42 Å². The minimum atomic E-state index is -0.887. The molecule has 0 N–H and O–H groups in total. The summed E-state index contributed by atoms with van der Waals surface area (Å²) in [5.74, 6) is -1.70. The van der Waals surface area contributed by atoms with Gasteiger partial charge in [-0.25, -0.2) is 13.8 Å². The van der Waals surface area contributed by atoms with E-state index < -0.39 is 22.7 Å². The monoisotopic (exact) mass is 381 g/mol. The van der Waals surface area contributed by atoms with E-state index in [1.807, 2.05) is 12.3 Å². The first-order valence-corrected chi connectivity index (χ1v) is 9.07. The predicted molar refractivity (Wildman–Crippen MR) is 90.0 cm³/mol. The first kappa shape index (κ1) is 17.7. The van der Waals surface area contributed by atoms with Gasteiger partial charge in [-0.2, -0.15) is 0 Å². The number of Topliss-reactive ketones (excluding diaryl/α,β-unsaturated/α-hetero) is 1. The maximum atomic E-state index is 13.7. The molecule has 1 aromatic carbocycles. The first-order valence-electron chi connectivity index (χ1n) is 7.31. The molecule has 1 atom stereocenters. The van der Waals surface area contributed by atoms with Crippen molar-refractivity contribution in [1.82, 2.24) is 15.2 Å². The molecule has 9 heteroatoms. The molecule has 2 heterocycles. The molecule has 0 aliphatic rings. The molecule has 3 aromatic rings. The first-order chi connectivity index (χ1) is 11.9. The van der Waals surface area contributed by atoms with E-state index in [0.717, 1.165) is 34.6 Å². The van der Waals surface area contributed by atoms with Crippen molar-refractivity contribution in [2.75, 3.05) is 0 Å². The number of nitrogens with zero attached hydrogens (tertiary/aromatic N) is 3. The molecule has 0 spiro atoms. The van der Waals surface area contributed by atoms with Gasteiger partial charge in [0.05, 0.1) is 27.9 Å². The molecule has 3 rings (SSSR count). The topological polar surface area (TPSA) is 68.9 Å². The van der Waals surface area contributed by atoms with E-state index in [0.29, 0.717) is 18.4 Å². The fourth-order valence-corrected chi connectivity index (χ4v) is 3.50. The van der Waals surface area contributed by atoms with E-state index in [-0.39, 0.29) is 10.8 Å². The molecule has 0 amide bonds. The van der Waals surface area contributed by atoms with E-state index in [1.165, 1.54) is 11.3 Å². The minimum Gasteiger partial charge on any atom is -0.416 e. The lowest BCUT2D eigenvalue weighted by Gasteiger charge is -2.08. The van der Waals surface area contributed by atoms with Crippen LogP contribution in [0.5, 0.6) is 0 Å². The number of rotatable bonds is 6. The van der Waals surface area contributed by atoms with Crippen LogP contribution in [0.4, 0.5) is 8.78 Å². The molecule has 0 aliphatic heterocycles. The second-order valence-corrected chi connectivity index (χ2v) is 7.60. The van der Waals surface area contributed by atoms with Crippen LogP contribution >= 0.6 is 23.1 Å². The van der Waals surface area contributed by atoms with Gasteiger partial charge in [-0.05, 0) is 26.0 Å². The maximum absolute atomic E-state index is 13.7. The van der Waals surface area contributed by atoms with E-state index >= 15 is 0 Å². The highest BCUT2D eigenvalue weighted by atomic mass is 32.2. The Bertz CT molecular complexity index is 910. The third-order valence-corrected chi connectivity index (χ3v) is 5.05. The predicted octanol–water partition coefficient (Wildman–Crippen LogP) is 4.07. The Hall–Kier alpha value is -2.13. The number of hydrogen-bond donors (Lipinski definition) is 0. The highest BCUT2D eigenvalue weighted by Crippen LogP contribution is 2.26. The Morgan fingerprint density at radius 1 is 1.36 bits per heavy atom. The van der Waals surface area contributed by atoms with Gasteiger partial charge in [0.25, 0.3) is 5.22 Å². The average molecular weight is 381 g/mol. The average Bonchev–Trinajstić information content (AvgIpc) is 3.16. The number of hydrogen-bond acceptors (Lipinski definition) is 7. The summed E-state index contributed by atoms with van der Waals surface area (Å²) >= 11 is 2.56. The van der Waals surface area contributed by atoms with Crippen molar-refractivity contribution in [3.63, 3.8) is 0 Å². The number of thioether (sulfide) groups is 1. The second kappa shape index (κ2) is 7.40. The molecule has 25 heavy (non-hydrogen) atoms. The number of benzene rings is 1. The molecule has 1 unspecified atom stereocenters. The quantitative estimate of drug-likeness (QED) is 0.474. The van der Waals surface area contributed by atoms with Crippen LogP contribution in [-0.2, 0) is 6.42 Å². The van der Waals surface area contributed by atoms with Crippen molar-refractivity contribution in [1.29, 1.82) is 0 Å². The maximum Gasteiger partial charge on any atom is 0.277 e. The van der Waals surface area contributed by atoms with E-state index in [1.54, 1.807) is 6.92 Å². The van der Waals surface area contributed by atoms with Gasteiger partial charge in [-0.15, -0.1) is 21.5 Å². The number of aryl methyl sites for hydroxylation is 1. The van der Waals surface area contributed by atoms with E-state index in [2.05, 4.69) is 15.2 Å². The highest BCUT2D eigenvalue weighted by molar-refractivity contribution is 8.00. The Morgan fingerprint density at radius 2 is 2.16 bits per heavy atom. The van der Waals surface area contributed by atoms with Crippen LogP contribution in [0.15, 0.2) is 33.2 Å². The van der Waals surface area contributed by atoms with Crippen molar-refractivity contribution >= 4 is 28.9 Å². The lowest BCUT2D eigenvalue weighted by Crippen LogP contribution is -2.15. The number of carbonyl (C=O) groups is 1. The zero-order chi connectivity index (χ0) is 18.0. The SMILES string of the molecule is Cc1nc(Cc2nnc(SC(C)C(=O)c3ccc(F)cc3F)o2)cs1. The third-order valence-electron chi connectivity index (χ3n) is 3.29. The summed E-state index contributed by atoms with van der Waals surface area (Å²) in [5, 5.41) is 10.2.